The Balaban J connectivity index is 4.74. The van der Waals surface area contributed by atoms with Gasteiger partial charge in [-0.3, -0.25) is 13.6 Å². The number of nitrogens with zero attached hydrogens (tertiary/aromatic N) is 3. The van der Waals surface area contributed by atoms with Crippen molar-refractivity contribution in [1.82, 2.24) is 15.2 Å². The third-order valence-electron chi connectivity index (χ3n) is 4.14. The molecule has 11 heteroatoms. The van der Waals surface area contributed by atoms with Crippen molar-refractivity contribution in [2.24, 2.45) is 0 Å². The van der Waals surface area contributed by atoms with E-state index < -0.39 is 7.82 Å². The third-order valence-corrected chi connectivity index (χ3v) is 5.64. The van der Waals surface area contributed by atoms with E-state index in [1.165, 1.54) is 0 Å². The van der Waals surface area contributed by atoms with Crippen LogP contribution in [0.5, 0.6) is 0 Å². The minimum absolute atomic E-state index is 0.0448. The smallest absolute Gasteiger partial charge is 0.313 e. The highest BCUT2D eigenvalue weighted by Crippen LogP contribution is 2.49. The van der Waals surface area contributed by atoms with E-state index in [1.807, 2.05) is 0 Å². The number of hydroxylamine groups is 6. The highest BCUT2D eigenvalue weighted by molar-refractivity contribution is 7.48. The molecule has 0 fully saturated rings. The lowest BCUT2D eigenvalue weighted by Gasteiger charge is -2.24. The van der Waals surface area contributed by atoms with E-state index in [-0.39, 0.29) is 57.6 Å². The van der Waals surface area contributed by atoms with E-state index in [0.717, 1.165) is 15.2 Å². The number of phosphoric acid groups is 1. The average molecular weight is 437 g/mol. The Morgan fingerprint density at radius 3 is 1.17 bits per heavy atom. The average Bonchev–Trinajstić information content (AvgIpc) is 2.71. The molecule has 3 N–H and O–H groups in total. The van der Waals surface area contributed by atoms with Gasteiger partial charge in [0, 0.05) is 37.8 Å². The van der Waals surface area contributed by atoms with Crippen LogP contribution in [-0.2, 0) is 18.1 Å². The van der Waals surface area contributed by atoms with E-state index in [9.17, 15) is 20.2 Å². The third kappa shape index (κ3) is 11.8. The van der Waals surface area contributed by atoms with Gasteiger partial charge in [0.1, 0.15) is 0 Å². The standard InChI is InChI=1S/C18H36N3O7P/c1-7-16(4)19(22)10-13-26-29(25,27-14-11-20(23)17(5)8-2)28-15-12-21(24)18(6)9-3/h7-9,16-18,22-24H,1-3,10-15H2,4-6H3. The van der Waals surface area contributed by atoms with Crippen molar-refractivity contribution in [3.63, 3.8) is 0 Å². The fourth-order valence-corrected chi connectivity index (χ4v) is 2.97. The molecule has 0 aliphatic carbocycles. The Bertz CT molecular complexity index is 466. The molecule has 0 radical (unpaired) electrons. The zero-order valence-corrected chi connectivity index (χ0v) is 18.5. The minimum atomic E-state index is -3.99. The summed E-state index contributed by atoms with van der Waals surface area (Å²) in [5, 5.41) is 32.3. The van der Waals surface area contributed by atoms with E-state index in [1.54, 1.807) is 39.0 Å². The molecule has 0 aliphatic heterocycles. The molecule has 0 heterocycles. The van der Waals surface area contributed by atoms with Crippen LogP contribution in [0.25, 0.3) is 0 Å². The summed E-state index contributed by atoms with van der Waals surface area (Å²) in [6, 6.07) is -0.940. The molecule has 0 bridgehead atoms. The monoisotopic (exact) mass is 437 g/mol. The Hall–Kier alpha value is -0.910. The van der Waals surface area contributed by atoms with Gasteiger partial charge in [-0.05, 0) is 20.8 Å². The highest BCUT2D eigenvalue weighted by Gasteiger charge is 2.28. The Labute approximate surface area is 173 Å². The largest absolute Gasteiger partial charge is 0.474 e. The van der Waals surface area contributed by atoms with Gasteiger partial charge in [-0.1, -0.05) is 18.2 Å². The van der Waals surface area contributed by atoms with Crippen molar-refractivity contribution in [2.75, 3.05) is 39.5 Å². The van der Waals surface area contributed by atoms with Crippen molar-refractivity contribution in [3.8, 4) is 0 Å². The molecule has 0 saturated heterocycles. The fourth-order valence-electron chi connectivity index (χ4n) is 1.83. The summed E-state index contributed by atoms with van der Waals surface area (Å²) in [4.78, 5) is 0. The zero-order valence-electron chi connectivity index (χ0n) is 17.6. The number of hydrogen-bond acceptors (Lipinski definition) is 10. The van der Waals surface area contributed by atoms with Gasteiger partial charge >= 0.3 is 7.82 Å². The zero-order chi connectivity index (χ0) is 22.4. The molecule has 0 aliphatic rings. The maximum Gasteiger partial charge on any atom is 0.474 e. The Kier molecular flexibility index (Phi) is 14.5. The summed E-state index contributed by atoms with van der Waals surface area (Å²) >= 11 is 0. The molecule has 3 unspecified atom stereocenters. The Morgan fingerprint density at radius 2 is 0.966 bits per heavy atom. The first-order valence-corrected chi connectivity index (χ1v) is 10.8. The van der Waals surface area contributed by atoms with Crippen LogP contribution in [0.2, 0.25) is 0 Å². The van der Waals surface area contributed by atoms with E-state index in [4.69, 9.17) is 13.6 Å². The van der Waals surface area contributed by atoms with Gasteiger partial charge in [0.15, 0.2) is 0 Å². The molecule has 170 valence electrons. The molecule has 10 nitrogen and oxygen atoms in total. The van der Waals surface area contributed by atoms with Crippen molar-refractivity contribution in [2.45, 2.75) is 38.9 Å². The SMILES string of the molecule is C=CC(C)N(O)CCOP(=O)(OCCN(O)C(C)C=C)OCCN(O)C(C)C=C. The van der Waals surface area contributed by atoms with E-state index in [2.05, 4.69) is 19.7 Å². The van der Waals surface area contributed by atoms with Crippen LogP contribution in [0.4, 0.5) is 0 Å². The molecule has 0 aromatic carbocycles. The van der Waals surface area contributed by atoms with Gasteiger partial charge in [0.2, 0.25) is 0 Å². The van der Waals surface area contributed by atoms with Gasteiger partial charge in [-0.25, -0.2) is 4.57 Å². The topological polar surface area (TPSA) is 115 Å². The van der Waals surface area contributed by atoms with Crippen LogP contribution < -0.4 is 0 Å². The predicted octanol–water partition coefficient (Wildman–Crippen LogP) is 2.94. The molecular formula is C18H36N3O7P. The minimum Gasteiger partial charge on any atom is -0.313 e. The molecule has 0 aromatic heterocycles. The fraction of sp³-hybridized carbons (Fsp3) is 0.667. The predicted molar refractivity (Wildman–Crippen MR) is 110 cm³/mol. The van der Waals surface area contributed by atoms with Crippen LogP contribution in [0, 0.1) is 0 Å². The van der Waals surface area contributed by atoms with Crippen LogP contribution in [-0.4, -0.2) is 88.4 Å². The lowest BCUT2D eigenvalue weighted by Crippen LogP contribution is -2.32. The molecule has 0 aromatic rings. The maximum absolute atomic E-state index is 12.8. The van der Waals surface area contributed by atoms with Gasteiger partial charge in [-0.15, -0.1) is 19.7 Å². The first kappa shape index (κ1) is 28.1. The summed E-state index contributed by atoms with van der Waals surface area (Å²) < 4.78 is 28.6. The molecular weight excluding hydrogens is 401 g/mol. The molecule has 0 amide bonds. The van der Waals surface area contributed by atoms with Crippen LogP contribution >= 0.6 is 7.82 Å². The first-order valence-electron chi connectivity index (χ1n) is 9.38. The summed E-state index contributed by atoms with van der Waals surface area (Å²) in [5.74, 6) is 0. The van der Waals surface area contributed by atoms with E-state index >= 15 is 0 Å². The van der Waals surface area contributed by atoms with Crippen molar-refractivity contribution in [1.29, 1.82) is 0 Å². The highest BCUT2D eigenvalue weighted by atomic mass is 31.2. The van der Waals surface area contributed by atoms with Crippen molar-refractivity contribution in [3.05, 3.63) is 38.0 Å². The Morgan fingerprint density at radius 1 is 0.724 bits per heavy atom. The summed E-state index contributed by atoms with van der Waals surface area (Å²) in [6.07, 6.45) is 4.62. The number of phosphoric ester groups is 1. The van der Waals surface area contributed by atoms with Crippen molar-refractivity contribution >= 4 is 7.82 Å². The normalized spacial score (nSPS) is 17.1. The van der Waals surface area contributed by atoms with Gasteiger partial charge in [-0.2, -0.15) is 15.2 Å². The lowest BCUT2D eigenvalue weighted by molar-refractivity contribution is -0.122. The summed E-state index contributed by atoms with van der Waals surface area (Å²) in [5.41, 5.74) is 0. The van der Waals surface area contributed by atoms with Crippen molar-refractivity contribution < 1.29 is 33.8 Å². The van der Waals surface area contributed by atoms with Crippen LogP contribution in [0.3, 0.4) is 0 Å². The van der Waals surface area contributed by atoms with E-state index in [0.29, 0.717) is 0 Å². The second kappa shape index (κ2) is 15.0. The molecule has 0 rings (SSSR count). The summed E-state index contributed by atoms with van der Waals surface area (Å²) in [6.45, 7) is 15.6. The molecule has 0 saturated carbocycles. The van der Waals surface area contributed by atoms with Crippen LogP contribution in [0.15, 0.2) is 38.0 Å². The van der Waals surface area contributed by atoms with Crippen LogP contribution in [0.1, 0.15) is 20.8 Å². The molecule has 29 heavy (non-hydrogen) atoms. The quantitative estimate of drug-likeness (QED) is 0.168. The molecule has 0 spiro atoms. The van der Waals surface area contributed by atoms with Gasteiger partial charge in [0.25, 0.3) is 0 Å². The maximum atomic E-state index is 12.8. The van der Waals surface area contributed by atoms with Gasteiger partial charge in [0.05, 0.1) is 19.8 Å². The summed E-state index contributed by atoms with van der Waals surface area (Å²) in [7, 11) is -3.99. The molecule has 3 atom stereocenters. The van der Waals surface area contributed by atoms with Gasteiger partial charge < -0.3 is 15.6 Å². The lowest BCUT2D eigenvalue weighted by atomic mass is 10.3. The number of hydrogen-bond donors (Lipinski definition) is 3. The first-order chi connectivity index (χ1) is 13.6. The second-order valence-electron chi connectivity index (χ2n) is 6.37. The second-order valence-corrected chi connectivity index (χ2v) is 8.03. The number of rotatable bonds is 18.